The molecule has 1 N–H and O–H groups in total. The van der Waals surface area contributed by atoms with E-state index in [-0.39, 0.29) is 24.2 Å². The Morgan fingerprint density at radius 2 is 1.92 bits per heavy atom. The van der Waals surface area contributed by atoms with Gasteiger partial charge >= 0.3 is 5.97 Å². The van der Waals surface area contributed by atoms with Crippen LogP contribution in [0.1, 0.15) is 32.6 Å². The summed E-state index contributed by atoms with van der Waals surface area (Å²) in [6.45, 7) is 1.44. The lowest BCUT2D eigenvalue weighted by Gasteiger charge is -2.33. The summed E-state index contributed by atoms with van der Waals surface area (Å²) >= 11 is 0. The van der Waals surface area contributed by atoms with E-state index in [1.165, 1.54) is 12.0 Å². The Kier molecular flexibility index (Phi) is 2.26. The minimum atomic E-state index is -0.212. The molecule has 4 nitrogen and oxygen atoms in total. The van der Waals surface area contributed by atoms with Gasteiger partial charge in [-0.15, -0.1) is 0 Å². The third-order valence-corrected chi connectivity index (χ3v) is 2.98. The van der Waals surface area contributed by atoms with Gasteiger partial charge in [-0.2, -0.15) is 5.06 Å². The molecular weight excluding hydrogens is 170 g/mol. The van der Waals surface area contributed by atoms with E-state index in [4.69, 9.17) is 4.74 Å². The molecule has 0 spiro atoms. The van der Waals surface area contributed by atoms with Gasteiger partial charge in [0.25, 0.3) is 0 Å². The van der Waals surface area contributed by atoms with Crippen LogP contribution in [-0.2, 0) is 9.53 Å². The summed E-state index contributed by atoms with van der Waals surface area (Å²) in [4.78, 5) is 10.7. The van der Waals surface area contributed by atoms with Crippen molar-refractivity contribution in [1.82, 2.24) is 5.06 Å². The lowest BCUT2D eigenvalue weighted by molar-refractivity contribution is -0.180. The van der Waals surface area contributed by atoms with Crippen LogP contribution < -0.4 is 0 Å². The number of carbonyl (C=O) groups excluding carboxylic acids is 1. The second kappa shape index (κ2) is 3.27. The van der Waals surface area contributed by atoms with Crippen molar-refractivity contribution in [1.29, 1.82) is 0 Å². The Hall–Kier alpha value is -0.610. The summed E-state index contributed by atoms with van der Waals surface area (Å²) in [5.41, 5.74) is 0. The van der Waals surface area contributed by atoms with Crippen molar-refractivity contribution < 1.29 is 14.7 Å². The number of rotatable bonds is 1. The number of hydrogen-bond acceptors (Lipinski definition) is 4. The van der Waals surface area contributed by atoms with E-state index in [9.17, 15) is 10.0 Å². The highest BCUT2D eigenvalue weighted by Gasteiger charge is 2.41. The Bertz CT molecular complexity index is 205. The van der Waals surface area contributed by atoms with Crippen molar-refractivity contribution in [2.45, 2.75) is 50.8 Å². The number of carbonyl (C=O) groups is 1. The molecule has 0 amide bonds. The minimum absolute atomic E-state index is 0.0263. The van der Waals surface area contributed by atoms with Gasteiger partial charge < -0.3 is 9.94 Å². The Balaban J connectivity index is 1.95. The molecular formula is C9H15NO3. The SMILES string of the molecule is CC(=O)OC1CC2CCC(C1)N2O. The van der Waals surface area contributed by atoms with Gasteiger partial charge in [-0.3, -0.25) is 4.79 Å². The molecule has 2 rings (SSSR count). The van der Waals surface area contributed by atoms with Crippen LogP contribution in [0.5, 0.6) is 0 Å². The molecule has 2 aliphatic heterocycles. The van der Waals surface area contributed by atoms with Gasteiger partial charge in [0, 0.05) is 31.8 Å². The maximum atomic E-state index is 10.7. The second-order valence-electron chi connectivity index (χ2n) is 3.97. The van der Waals surface area contributed by atoms with Crippen LogP contribution in [0.4, 0.5) is 0 Å². The van der Waals surface area contributed by atoms with E-state index in [1.54, 1.807) is 0 Å². The Morgan fingerprint density at radius 1 is 1.38 bits per heavy atom. The monoisotopic (exact) mass is 185 g/mol. The van der Waals surface area contributed by atoms with E-state index >= 15 is 0 Å². The first-order chi connectivity index (χ1) is 6.16. The summed E-state index contributed by atoms with van der Waals surface area (Å²) in [7, 11) is 0. The standard InChI is InChI=1S/C9H15NO3/c1-6(11)13-9-4-7-2-3-8(5-9)10(7)12/h7-9,12H,2-5H2,1H3. The largest absolute Gasteiger partial charge is 0.462 e. The van der Waals surface area contributed by atoms with Crippen molar-refractivity contribution in [3.63, 3.8) is 0 Å². The maximum Gasteiger partial charge on any atom is 0.302 e. The zero-order valence-electron chi connectivity index (χ0n) is 7.77. The molecule has 2 saturated heterocycles. The fourth-order valence-electron chi connectivity index (χ4n) is 2.43. The van der Waals surface area contributed by atoms with Crippen molar-refractivity contribution in [2.75, 3.05) is 0 Å². The van der Waals surface area contributed by atoms with Gasteiger partial charge in [-0.05, 0) is 12.8 Å². The molecule has 0 aliphatic carbocycles. The predicted octanol–water partition coefficient (Wildman–Crippen LogP) is 0.934. The summed E-state index contributed by atoms with van der Waals surface area (Å²) in [5.74, 6) is -0.212. The minimum Gasteiger partial charge on any atom is -0.462 e. The summed E-state index contributed by atoms with van der Waals surface area (Å²) in [5, 5.41) is 11.0. The van der Waals surface area contributed by atoms with Crippen molar-refractivity contribution in [2.24, 2.45) is 0 Å². The van der Waals surface area contributed by atoms with Gasteiger partial charge in [-0.1, -0.05) is 0 Å². The van der Waals surface area contributed by atoms with Gasteiger partial charge in [0.15, 0.2) is 0 Å². The third kappa shape index (κ3) is 1.69. The van der Waals surface area contributed by atoms with Crippen LogP contribution in [0, 0.1) is 0 Å². The van der Waals surface area contributed by atoms with Gasteiger partial charge in [0.1, 0.15) is 6.10 Å². The fraction of sp³-hybridized carbons (Fsp3) is 0.889. The van der Waals surface area contributed by atoms with E-state index in [1.807, 2.05) is 0 Å². The number of nitrogens with zero attached hydrogens (tertiary/aromatic N) is 1. The maximum absolute atomic E-state index is 10.7. The van der Waals surface area contributed by atoms with E-state index in [2.05, 4.69) is 0 Å². The summed E-state index contributed by atoms with van der Waals surface area (Å²) in [6.07, 6.45) is 3.65. The van der Waals surface area contributed by atoms with E-state index in [0.717, 1.165) is 25.7 Å². The lowest BCUT2D eigenvalue weighted by atomic mass is 10.0. The first kappa shape index (κ1) is 8.97. The fourth-order valence-corrected chi connectivity index (χ4v) is 2.43. The van der Waals surface area contributed by atoms with Crippen molar-refractivity contribution >= 4 is 5.97 Å². The molecule has 2 bridgehead atoms. The van der Waals surface area contributed by atoms with Crippen molar-refractivity contribution in [3.8, 4) is 0 Å². The molecule has 0 saturated carbocycles. The van der Waals surface area contributed by atoms with Crippen LogP contribution in [0.3, 0.4) is 0 Å². The number of hydrogen-bond donors (Lipinski definition) is 1. The molecule has 2 aliphatic rings. The summed E-state index contributed by atoms with van der Waals surface area (Å²) < 4.78 is 5.14. The molecule has 2 heterocycles. The molecule has 0 aromatic rings. The zero-order chi connectivity index (χ0) is 9.42. The van der Waals surface area contributed by atoms with Gasteiger partial charge in [-0.25, -0.2) is 0 Å². The Morgan fingerprint density at radius 3 is 2.38 bits per heavy atom. The average molecular weight is 185 g/mol. The lowest BCUT2D eigenvalue weighted by Crippen LogP contribution is -2.43. The smallest absolute Gasteiger partial charge is 0.302 e. The third-order valence-electron chi connectivity index (χ3n) is 2.98. The zero-order valence-corrected chi connectivity index (χ0v) is 7.77. The quantitative estimate of drug-likeness (QED) is 0.617. The number of fused-ring (bicyclic) bond motifs is 2. The predicted molar refractivity (Wildman–Crippen MR) is 45.2 cm³/mol. The van der Waals surface area contributed by atoms with Crippen LogP contribution in [0.25, 0.3) is 0 Å². The first-order valence-electron chi connectivity index (χ1n) is 4.81. The van der Waals surface area contributed by atoms with Gasteiger partial charge in [0.05, 0.1) is 0 Å². The highest BCUT2D eigenvalue weighted by molar-refractivity contribution is 5.66. The number of ether oxygens (including phenoxy) is 1. The molecule has 0 aromatic carbocycles. The molecule has 2 unspecified atom stereocenters. The molecule has 0 aromatic heterocycles. The van der Waals surface area contributed by atoms with Crippen LogP contribution >= 0.6 is 0 Å². The second-order valence-corrected chi connectivity index (χ2v) is 3.97. The molecule has 2 fully saturated rings. The average Bonchev–Trinajstić information content (AvgIpc) is 2.33. The normalized spacial score (nSPS) is 39.1. The topological polar surface area (TPSA) is 49.8 Å². The van der Waals surface area contributed by atoms with E-state index in [0.29, 0.717) is 0 Å². The molecule has 0 radical (unpaired) electrons. The molecule has 13 heavy (non-hydrogen) atoms. The van der Waals surface area contributed by atoms with Crippen LogP contribution in [-0.4, -0.2) is 34.4 Å². The first-order valence-corrected chi connectivity index (χ1v) is 4.81. The molecule has 4 heteroatoms. The molecule has 2 atom stereocenters. The van der Waals surface area contributed by atoms with E-state index < -0.39 is 0 Å². The summed E-state index contributed by atoms with van der Waals surface area (Å²) in [6, 6.07) is 0.422. The number of piperidine rings is 1. The van der Waals surface area contributed by atoms with Crippen molar-refractivity contribution in [3.05, 3.63) is 0 Å². The highest BCUT2D eigenvalue weighted by Crippen LogP contribution is 2.35. The number of esters is 1. The van der Waals surface area contributed by atoms with Gasteiger partial charge in [0.2, 0.25) is 0 Å². The van der Waals surface area contributed by atoms with Crippen LogP contribution in [0.15, 0.2) is 0 Å². The molecule has 74 valence electrons. The highest BCUT2D eigenvalue weighted by atomic mass is 16.5. The number of hydroxylamine groups is 2. The Labute approximate surface area is 77.4 Å². The van der Waals surface area contributed by atoms with Crippen LogP contribution in [0.2, 0.25) is 0 Å².